The Kier molecular flexibility index (Phi) is 5.16. The predicted octanol–water partition coefficient (Wildman–Crippen LogP) is 4.71. The SMILES string of the molecule is CN(C(=O)c1cc2c(C(F)F)c(F)ccc2[nH]1)[C@H]1COCc2[nH]c(=O)c3cc(F)c(F)cc3c21. The summed E-state index contributed by atoms with van der Waals surface area (Å²) in [5.41, 5.74) is -0.695. The second-order valence-electron chi connectivity index (χ2n) is 8.01. The van der Waals surface area contributed by atoms with Crippen LogP contribution in [0.3, 0.4) is 0 Å². The maximum absolute atomic E-state index is 14.1. The van der Waals surface area contributed by atoms with Crippen molar-refractivity contribution in [3.63, 3.8) is 0 Å². The topological polar surface area (TPSA) is 78.2 Å². The third kappa shape index (κ3) is 3.35. The normalized spacial score (nSPS) is 15.8. The van der Waals surface area contributed by atoms with Crippen molar-refractivity contribution in [3.8, 4) is 0 Å². The summed E-state index contributed by atoms with van der Waals surface area (Å²) in [4.78, 5) is 32.2. The summed E-state index contributed by atoms with van der Waals surface area (Å²) in [6.45, 7) is -0.0338. The molecule has 0 radical (unpaired) electrons. The maximum Gasteiger partial charge on any atom is 0.270 e. The average Bonchev–Trinajstić information content (AvgIpc) is 3.22. The van der Waals surface area contributed by atoms with Crippen molar-refractivity contribution >= 4 is 27.6 Å². The van der Waals surface area contributed by atoms with Crippen LogP contribution < -0.4 is 5.56 Å². The Labute approximate surface area is 187 Å². The summed E-state index contributed by atoms with van der Waals surface area (Å²) in [5.74, 6) is -4.07. The lowest BCUT2D eigenvalue weighted by atomic mass is 9.95. The van der Waals surface area contributed by atoms with Gasteiger partial charge in [0.05, 0.1) is 30.2 Å². The van der Waals surface area contributed by atoms with E-state index in [2.05, 4.69) is 9.97 Å². The van der Waals surface area contributed by atoms with Crippen molar-refractivity contribution in [2.24, 2.45) is 0 Å². The lowest BCUT2D eigenvalue weighted by Crippen LogP contribution is -2.37. The number of ether oxygens (including phenoxy) is 1. The Hall–Kier alpha value is -3.73. The highest BCUT2D eigenvalue weighted by Crippen LogP contribution is 2.35. The van der Waals surface area contributed by atoms with Gasteiger partial charge in [-0.3, -0.25) is 9.59 Å². The first-order chi connectivity index (χ1) is 16.2. The number of pyridine rings is 1. The Morgan fingerprint density at radius 1 is 1.03 bits per heavy atom. The zero-order chi connectivity index (χ0) is 24.3. The van der Waals surface area contributed by atoms with Gasteiger partial charge in [0.25, 0.3) is 17.9 Å². The number of halogens is 5. The minimum absolute atomic E-state index is 0.0124. The molecule has 11 heteroatoms. The number of aromatic amines is 2. The molecule has 0 spiro atoms. The van der Waals surface area contributed by atoms with Crippen molar-refractivity contribution in [1.29, 1.82) is 0 Å². The second-order valence-corrected chi connectivity index (χ2v) is 8.01. The summed E-state index contributed by atoms with van der Waals surface area (Å²) in [6, 6.07) is 4.15. The van der Waals surface area contributed by atoms with E-state index in [-0.39, 0.29) is 40.6 Å². The van der Waals surface area contributed by atoms with Crippen LogP contribution in [-0.4, -0.2) is 34.4 Å². The van der Waals surface area contributed by atoms with E-state index in [0.29, 0.717) is 11.3 Å². The number of H-pyrrole nitrogens is 2. The lowest BCUT2D eigenvalue weighted by molar-refractivity contribution is 0.0333. The van der Waals surface area contributed by atoms with Crippen LogP contribution in [-0.2, 0) is 11.3 Å². The predicted molar refractivity (Wildman–Crippen MR) is 112 cm³/mol. The molecule has 2 aromatic heterocycles. The Morgan fingerprint density at radius 3 is 2.44 bits per heavy atom. The minimum atomic E-state index is -3.09. The van der Waals surface area contributed by atoms with Gasteiger partial charge in [-0.2, -0.15) is 0 Å². The molecule has 0 saturated heterocycles. The van der Waals surface area contributed by atoms with Crippen molar-refractivity contribution in [1.82, 2.24) is 14.9 Å². The van der Waals surface area contributed by atoms with Gasteiger partial charge in [0.2, 0.25) is 0 Å². The van der Waals surface area contributed by atoms with Crippen molar-refractivity contribution in [3.05, 3.63) is 80.7 Å². The molecule has 0 aliphatic carbocycles. The van der Waals surface area contributed by atoms with Gasteiger partial charge in [0.15, 0.2) is 11.6 Å². The van der Waals surface area contributed by atoms with E-state index in [1.807, 2.05) is 0 Å². The molecule has 176 valence electrons. The lowest BCUT2D eigenvalue weighted by Gasteiger charge is -2.33. The van der Waals surface area contributed by atoms with E-state index in [1.54, 1.807) is 0 Å². The molecular weight excluding hydrogens is 461 g/mol. The number of benzene rings is 2. The molecule has 0 bridgehead atoms. The number of carbonyl (C=O) groups excluding carboxylic acids is 1. The molecule has 34 heavy (non-hydrogen) atoms. The molecular formula is C23H16F5N3O3. The van der Waals surface area contributed by atoms with E-state index >= 15 is 0 Å². The first kappa shape index (κ1) is 22.1. The number of fused-ring (bicyclic) bond motifs is 4. The number of likely N-dealkylation sites (N-methyl/N-ethyl adjacent to an activating group) is 1. The third-order valence-corrected chi connectivity index (χ3v) is 6.07. The van der Waals surface area contributed by atoms with Crippen LogP contribution in [0.15, 0.2) is 35.1 Å². The number of rotatable bonds is 3. The van der Waals surface area contributed by atoms with Gasteiger partial charge >= 0.3 is 0 Å². The summed E-state index contributed by atoms with van der Waals surface area (Å²) >= 11 is 0. The molecule has 4 aromatic rings. The monoisotopic (exact) mass is 477 g/mol. The van der Waals surface area contributed by atoms with E-state index in [1.165, 1.54) is 18.0 Å². The van der Waals surface area contributed by atoms with Gasteiger partial charge in [-0.25, -0.2) is 22.0 Å². The van der Waals surface area contributed by atoms with Crippen LogP contribution in [0.5, 0.6) is 0 Å². The van der Waals surface area contributed by atoms with Crippen LogP contribution in [0.2, 0.25) is 0 Å². The van der Waals surface area contributed by atoms with Crippen LogP contribution in [0.4, 0.5) is 22.0 Å². The molecule has 0 saturated carbocycles. The van der Waals surface area contributed by atoms with E-state index in [0.717, 1.165) is 24.3 Å². The third-order valence-electron chi connectivity index (χ3n) is 6.07. The fraction of sp³-hybridized carbons (Fsp3) is 0.217. The van der Waals surface area contributed by atoms with Crippen LogP contribution in [0.25, 0.3) is 21.7 Å². The molecule has 1 aliphatic heterocycles. The number of hydrogen-bond donors (Lipinski definition) is 2. The first-order valence-corrected chi connectivity index (χ1v) is 10.1. The van der Waals surface area contributed by atoms with Crippen molar-refractivity contribution in [2.45, 2.75) is 19.1 Å². The van der Waals surface area contributed by atoms with E-state index < -0.39 is 46.9 Å². The fourth-order valence-corrected chi connectivity index (χ4v) is 4.42. The highest BCUT2D eigenvalue weighted by atomic mass is 19.3. The van der Waals surface area contributed by atoms with Gasteiger partial charge in [-0.15, -0.1) is 0 Å². The van der Waals surface area contributed by atoms with Crippen molar-refractivity contribution < 1.29 is 31.5 Å². The largest absolute Gasteiger partial charge is 0.373 e. The number of carbonyl (C=O) groups is 1. The summed E-state index contributed by atoms with van der Waals surface area (Å²) in [5, 5.41) is -0.0864. The number of amides is 1. The zero-order valence-electron chi connectivity index (χ0n) is 17.5. The number of aromatic nitrogens is 2. The molecule has 0 fully saturated rings. The van der Waals surface area contributed by atoms with Gasteiger partial charge in [-0.05, 0) is 35.7 Å². The number of alkyl halides is 2. The first-order valence-electron chi connectivity index (χ1n) is 10.1. The van der Waals surface area contributed by atoms with Gasteiger partial charge in [0.1, 0.15) is 11.5 Å². The standard InChI is InChI=1S/C23H16F5N3O3/c1-31(23(33)16-6-11-15(29-16)3-2-12(24)19(11)21(27)28)18-8-34-7-17-20(18)9-4-13(25)14(26)5-10(9)22(32)30-17/h2-6,18,21,29H,7-8H2,1H3,(H,30,32)/t18-/m0/s1. The van der Waals surface area contributed by atoms with Crippen LogP contribution >= 0.6 is 0 Å². The van der Waals surface area contributed by atoms with Gasteiger partial charge < -0.3 is 19.6 Å². The minimum Gasteiger partial charge on any atom is -0.373 e. The Morgan fingerprint density at radius 2 is 1.74 bits per heavy atom. The summed E-state index contributed by atoms with van der Waals surface area (Å²) in [7, 11) is 1.42. The average molecular weight is 477 g/mol. The van der Waals surface area contributed by atoms with E-state index in [4.69, 9.17) is 4.74 Å². The molecule has 5 rings (SSSR count). The molecule has 3 heterocycles. The van der Waals surface area contributed by atoms with Crippen LogP contribution in [0, 0.1) is 17.5 Å². The Balaban J connectivity index is 1.61. The molecule has 1 amide bonds. The number of nitrogens with zero attached hydrogens (tertiary/aromatic N) is 1. The molecule has 1 atom stereocenters. The quantitative estimate of drug-likeness (QED) is 0.420. The summed E-state index contributed by atoms with van der Waals surface area (Å²) in [6.07, 6.45) is -3.09. The van der Waals surface area contributed by atoms with E-state index in [9.17, 15) is 31.5 Å². The molecule has 1 aliphatic rings. The maximum atomic E-state index is 14.1. The van der Waals surface area contributed by atoms with Gasteiger partial charge in [-0.1, -0.05) is 0 Å². The zero-order valence-corrected chi connectivity index (χ0v) is 17.5. The van der Waals surface area contributed by atoms with Gasteiger partial charge in [0, 0.05) is 29.2 Å². The highest BCUT2D eigenvalue weighted by molar-refractivity contribution is 5.99. The van der Waals surface area contributed by atoms with Crippen molar-refractivity contribution in [2.75, 3.05) is 13.7 Å². The number of nitrogens with one attached hydrogen (secondary N) is 2. The molecule has 0 unspecified atom stereocenters. The molecule has 2 N–H and O–H groups in total. The highest BCUT2D eigenvalue weighted by Gasteiger charge is 2.32. The Bertz CT molecular complexity index is 1530. The number of hydrogen-bond acceptors (Lipinski definition) is 3. The molecule has 2 aromatic carbocycles. The second kappa shape index (κ2) is 7.94. The summed E-state index contributed by atoms with van der Waals surface area (Å²) < 4.78 is 74.0. The van der Waals surface area contributed by atoms with Crippen LogP contribution in [0.1, 0.15) is 39.8 Å². The smallest absolute Gasteiger partial charge is 0.270 e. The molecule has 6 nitrogen and oxygen atoms in total. The fourth-order valence-electron chi connectivity index (χ4n) is 4.42.